The number of nitriles is 1. The highest BCUT2D eigenvalue weighted by molar-refractivity contribution is 5.41. The van der Waals surface area contributed by atoms with Crippen LogP contribution in [-0.2, 0) is 4.84 Å². The molecule has 8 heteroatoms. The van der Waals surface area contributed by atoms with Crippen LogP contribution < -0.4 is 4.90 Å². The van der Waals surface area contributed by atoms with Crippen molar-refractivity contribution >= 4 is 5.82 Å². The Bertz CT molecular complexity index is 641. The Balaban J connectivity index is 1.90. The smallest absolute Gasteiger partial charge is 0.233 e. The number of aromatic nitrogens is 1. The number of hydrazine groups is 1. The lowest BCUT2D eigenvalue weighted by molar-refractivity contribution is -0.725. The molecule has 0 aliphatic carbocycles. The Hall–Kier alpha value is -2.56. The van der Waals surface area contributed by atoms with Gasteiger partial charge in [-0.2, -0.15) is 5.26 Å². The fourth-order valence-electron chi connectivity index (χ4n) is 2.85. The van der Waals surface area contributed by atoms with E-state index in [9.17, 15) is 5.21 Å². The van der Waals surface area contributed by atoms with E-state index in [-0.39, 0.29) is 11.6 Å². The van der Waals surface area contributed by atoms with Crippen LogP contribution in [0.15, 0.2) is 23.5 Å². The van der Waals surface area contributed by atoms with Gasteiger partial charge >= 0.3 is 0 Å². The molecule has 0 radical (unpaired) electrons. The average molecular weight is 346 g/mol. The summed E-state index contributed by atoms with van der Waals surface area (Å²) in [6.45, 7) is 9.83. The van der Waals surface area contributed by atoms with E-state index in [0.717, 1.165) is 31.7 Å². The first-order valence-electron chi connectivity index (χ1n) is 8.59. The molecule has 25 heavy (non-hydrogen) atoms. The molecule has 0 amide bonds. The average Bonchev–Trinajstić information content (AvgIpc) is 2.60. The first-order chi connectivity index (χ1) is 11.8. The molecule has 1 saturated heterocycles. The zero-order valence-corrected chi connectivity index (χ0v) is 15.3. The van der Waals surface area contributed by atoms with E-state index < -0.39 is 0 Å². The van der Waals surface area contributed by atoms with Crippen LogP contribution in [-0.4, -0.2) is 46.2 Å². The van der Waals surface area contributed by atoms with E-state index in [1.807, 2.05) is 39.8 Å². The van der Waals surface area contributed by atoms with Gasteiger partial charge in [0.1, 0.15) is 23.7 Å². The number of hydrogen-bond acceptors (Lipinski definition) is 6. The third-order valence-corrected chi connectivity index (χ3v) is 4.16. The van der Waals surface area contributed by atoms with Gasteiger partial charge in [-0.25, -0.2) is 4.98 Å². The van der Waals surface area contributed by atoms with Crippen molar-refractivity contribution in [2.24, 2.45) is 5.28 Å². The number of hydrogen-bond donors (Lipinski definition) is 0. The molecule has 1 aliphatic heterocycles. The number of anilines is 1. The highest BCUT2D eigenvalue weighted by atomic mass is 16.7. The van der Waals surface area contributed by atoms with Gasteiger partial charge in [-0.05, 0) is 39.8 Å². The maximum atomic E-state index is 12.1. The molecule has 8 nitrogen and oxygen atoms in total. The van der Waals surface area contributed by atoms with Crippen LogP contribution in [0.1, 0.15) is 46.2 Å². The van der Waals surface area contributed by atoms with Crippen molar-refractivity contribution in [1.82, 2.24) is 9.99 Å². The van der Waals surface area contributed by atoms with Crippen molar-refractivity contribution in [2.45, 2.75) is 52.2 Å². The second-order valence-electron chi connectivity index (χ2n) is 7.01. The second-order valence-corrected chi connectivity index (χ2v) is 7.01. The molecule has 0 unspecified atom stereocenters. The van der Waals surface area contributed by atoms with Crippen LogP contribution in [0.3, 0.4) is 0 Å². The largest absolute Gasteiger partial charge is 0.569 e. The molecule has 0 atom stereocenters. The second kappa shape index (κ2) is 8.01. The number of rotatable bonds is 5. The summed E-state index contributed by atoms with van der Waals surface area (Å²) in [4.78, 5) is 12.4. The van der Waals surface area contributed by atoms with Crippen molar-refractivity contribution in [3.05, 3.63) is 29.1 Å². The standard InChI is InChI=1S/C17H26N6O2/c1-5-22(17(2,3)4)23(24)20-25-15-9-11-21(12-10-15)16-8-6-7-14(13-18)19-16/h6-8,15H,5,9-12H2,1-4H3/b23-20-. The summed E-state index contributed by atoms with van der Waals surface area (Å²) >= 11 is 0. The normalized spacial score (nSPS) is 16.4. The van der Waals surface area contributed by atoms with Gasteiger partial charge in [0.25, 0.3) is 0 Å². The van der Waals surface area contributed by atoms with Gasteiger partial charge in [0.2, 0.25) is 5.28 Å². The minimum absolute atomic E-state index is 0.0921. The Morgan fingerprint density at radius 2 is 2.12 bits per heavy atom. The summed E-state index contributed by atoms with van der Waals surface area (Å²) in [5.74, 6) is 0.796. The maximum absolute atomic E-state index is 12.1. The van der Waals surface area contributed by atoms with Crippen LogP contribution in [0.4, 0.5) is 5.82 Å². The molecule has 136 valence electrons. The summed E-state index contributed by atoms with van der Waals surface area (Å²) in [7, 11) is 0. The minimum Gasteiger partial charge on any atom is -0.569 e. The predicted octanol–water partition coefficient (Wildman–Crippen LogP) is 2.85. The monoisotopic (exact) mass is 346 g/mol. The quantitative estimate of drug-likeness (QED) is 0.462. The van der Waals surface area contributed by atoms with E-state index in [1.165, 1.54) is 0 Å². The van der Waals surface area contributed by atoms with Crippen LogP contribution in [0, 0.1) is 16.5 Å². The molecule has 0 aromatic carbocycles. The number of nitrogens with zero attached hydrogens (tertiary/aromatic N) is 6. The van der Waals surface area contributed by atoms with Gasteiger partial charge in [0.15, 0.2) is 0 Å². The van der Waals surface area contributed by atoms with Crippen molar-refractivity contribution < 1.29 is 9.81 Å². The molecular formula is C17H26N6O2. The molecule has 0 N–H and O–H groups in total. The molecule has 1 aromatic heterocycles. The third-order valence-electron chi connectivity index (χ3n) is 4.16. The van der Waals surface area contributed by atoms with Gasteiger partial charge < -0.3 is 14.9 Å². The van der Waals surface area contributed by atoms with Crippen molar-refractivity contribution in [2.75, 3.05) is 24.5 Å². The Kier molecular flexibility index (Phi) is 6.02. The lowest BCUT2D eigenvalue weighted by Gasteiger charge is -2.32. The fraction of sp³-hybridized carbons (Fsp3) is 0.647. The van der Waals surface area contributed by atoms with Gasteiger partial charge in [-0.3, -0.25) is 0 Å². The summed E-state index contributed by atoms with van der Waals surface area (Å²) in [6.07, 6.45) is 1.40. The lowest BCUT2D eigenvalue weighted by Crippen LogP contribution is -2.45. The predicted molar refractivity (Wildman–Crippen MR) is 93.5 cm³/mol. The van der Waals surface area contributed by atoms with E-state index in [0.29, 0.717) is 17.2 Å². The minimum atomic E-state index is -0.315. The molecule has 1 aromatic rings. The number of piperidine rings is 1. The maximum Gasteiger partial charge on any atom is 0.233 e. The lowest BCUT2D eigenvalue weighted by atomic mass is 10.1. The molecule has 2 heterocycles. The first kappa shape index (κ1) is 18.8. The molecular weight excluding hydrogens is 320 g/mol. The number of pyridine rings is 1. The van der Waals surface area contributed by atoms with Gasteiger partial charge in [0, 0.05) is 25.9 Å². The summed E-state index contributed by atoms with van der Waals surface area (Å²) in [5, 5.41) is 26.4. The zero-order valence-electron chi connectivity index (χ0n) is 15.3. The third kappa shape index (κ3) is 4.95. The van der Waals surface area contributed by atoms with E-state index in [1.54, 1.807) is 11.1 Å². The molecule has 1 aliphatic rings. The molecule has 2 rings (SSSR count). The van der Waals surface area contributed by atoms with Crippen LogP contribution in [0.5, 0.6) is 0 Å². The topological polar surface area (TPSA) is 90.8 Å². The van der Waals surface area contributed by atoms with Gasteiger partial charge in [-0.1, -0.05) is 6.07 Å². The van der Waals surface area contributed by atoms with E-state index >= 15 is 0 Å². The molecule has 0 spiro atoms. The summed E-state index contributed by atoms with van der Waals surface area (Å²) < 4.78 is 0. The highest BCUT2D eigenvalue weighted by Crippen LogP contribution is 2.20. The summed E-state index contributed by atoms with van der Waals surface area (Å²) in [5.41, 5.74) is 0.0964. The van der Waals surface area contributed by atoms with Crippen LogP contribution in [0.25, 0.3) is 0 Å². The Labute approximate surface area is 148 Å². The van der Waals surface area contributed by atoms with Crippen molar-refractivity contribution in [3.63, 3.8) is 0 Å². The van der Waals surface area contributed by atoms with E-state index in [2.05, 4.69) is 21.2 Å². The Morgan fingerprint density at radius 1 is 1.44 bits per heavy atom. The van der Waals surface area contributed by atoms with E-state index in [4.69, 9.17) is 10.1 Å². The van der Waals surface area contributed by atoms with Crippen LogP contribution >= 0.6 is 0 Å². The van der Waals surface area contributed by atoms with Gasteiger partial charge in [-0.15, -0.1) is 5.01 Å². The highest BCUT2D eigenvalue weighted by Gasteiger charge is 2.28. The zero-order chi connectivity index (χ0) is 18.4. The van der Waals surface area contributed by atoms with Crippen molar-refractivity contribution in [1.29, 1.82) is 5.26 Å². The SMILES string of the molecule is CCN(/[N+]([O-])=N/OC1CCN(c2cccc(C#N)n2)CC1)C(C)(C)C. The molecule has 1 fully saturated rings. The van der Waals surface area contributed by atoms with Crippen molar-refractivity contribution in [3.8, 4) is 6.07 Å². The van der Waals surface area contributed by atoms with Gasteiger partial charge in [0.05, 0.1) is 17.1 Å². The summed E-state index contributed by atoms with van der Waals surface area (Å²) in [6, 6.07) is 7.47. The first-order valence-corrected chi connectivity index (χ1v) is 8.59. The van der Waals surface area contributed by atoms with Crippen LogP contribution in [0.2, 0.25) is 0 Å². The fourth-order valence-corrected chi connectivity index (χ4v) is 2.85. The Morgan fingerprint density at radius 3 is 2.68 bits per heavy atom. The molecule has 0 bridgehead atoms. The molecule has 0 saturated carbocycles.